The van der Waals surface area contributed by atoms with E-state index in [1.54, 1.807) is 29.2 Å². The SMILES string of the molecule is COC(=O)[C@@H]1[C@H](CCO)CCN1C(=O)c1ccccc1. The van der Waals surface area contributed by atoms with E-state index >= 15 is 0 Å². The van der Waals surface area contributed by atoms with Crippen LogP contribution in [0.2, 0.25) is 0 Å². The number of benzene rings is 1. The monoisotopic (exact) mass is 277 g/mol. The second-order valence-corrected chi connectivity index (χ2v) is 4.89. The average Bonchev–Trinajstić information content (AvgIpc) is 2.90. The van der Waals surface area contributed by atoms with E-state index in [9.17, 15) is 9.59 Å². The summed E-state index contributed by atoms with van der Waals surface area (Å²) in [6.07, 6.45) is 1.21. The highest BCUT2D eigenvalue weighted by Crippen LogP contribution is 2.29. The number of carbonyl (C=O) groups excluding carboxylic acids is 2. The predicted octanol–water partition coefficient (Wildman–Crippen LogP) is 1.07. The Hall–Kier alpha value is -1.88. The van der Waals surface area contributed by atoms with Gasteiger partial charge in [0.1, 0.15) is 6.04 Å². The number of ether oxygens (including phenoxy) is 1. The Morgan fingerprint density at radius 1 is 1.35 bits per heavy atom. The summed E-state index contributed by atoms with van der Waals surface area (Å²) in [6.45, 7) is 0.518. The molecule has 1 N–H and O–H groups in total. The molecule has 1 aliphatic rings. The van der Waals surface area contributed by atoms with Crippen molar-refractivity contribution in [2.75, 3.05) is 20.3 Å². The van der Waals surface area contributed by atoms with Crippen LogP contribution >= 0.6 is 0 Å². The number of amides is 1. The van der Waals surface area contributed by atoms with Gasteiger partial charge in [-0.15, -0.1) is 0 Å². The molecule has 20 heavy (non-hydrogen) atoms. The van der Waals surface area contributed by atoms with Gasteiger partial charge in [-0.05, 0) is 30.9 Å². The molecule has 0 bridgehead atoms. The van der Waals surface area contributed by atoms with Crippen LogP contribution in [0.4, 0.5) is 0 Å². The molecule has 1 aliphatic heterocycles. The molecule has 2 rings (SSSR count). The fourth-order valence-electron chi connectivity index (χ4n) is 2.74. The molecule has 5 nitrogen and oxygen atoms in total. The molecule has 0 spiro atoms. The molecular weight excluding hydrogens is 258 g/mol. The summed E-state index contributed by atoms with van der Waals surface area (Å²) in [4.78, 5) is 26.0. The van der Waals surface area contributed by atoms with Gasteiger partial charge in [-0.25, -0.2) is 4.79 Å². The summed E-state index contributed by atoms with van der Waals surface area (Å²) in [6, 6.07) is 8.29. The highest BCUT2D eigenvalue weighted by Gasteiger charge is 2.42. The van der Waals surface area contributed by atoms with Gasteiger partial charge in [0.2, 0.25) is 0 Å². The minimum Gasteiger partial charge on any atom is -0.467 e. The van der Waals surface area contributed by atoms with E-state index in [-0.39, 0.29) is 18.4 Å². The zero-order valence-electron chi connectivity index (χ0n) is 11.5. The lowest BCUT2D eigenvalue weighted by molar-refractivity contribution is -0.146. The Balaban J connectivity index is 2.21. The summed E-state index contributed by atoms with van der Waals surface area (Å²) in [7, 11) is 1.32. The Morgan fingerprint density at radius 3 is 2.65 bits per heavy atom. The molecule has 0 aromatic heterocycles. The summed E-state index contributed by atoms with van der Waals surface area (Å²) in [5.74, 6) is -0.619. The molecule has 0 aliphatic carbocycles. The lowest BCUT2D eigenvalue weighted by Gasteiger charge is -2.25. The van der Waals surface area contributed by atoms with Crippen LogP contribution < -0.4 is 0 Å². The lowest BCUT2D eigenvalue weighted by atomic mass is 9.97. The van der Waals surface area contributed by atoms with Crippen LogP contribution in [0.15, 0.2) is 30.3 Å². The van der Waals surface area contributed by atoms with Gasteiger partial charge in [-0.3, -0.25) is 4.79 Å². The molecule has 0 radical (unpaired) electrons. The van der Waals surface area contributed by atoms with E-state index in [0.717, 1.165) is 0 Å². The minimum absolute atomic E-state index is 0.00548. The van der Waals surface area contributed by atoms with Crippen LogP contribution in [0.3, 0.4) is 0 Å². The third-order valence-corrected chi connectivity index (χ3v) is 3.75. The smallest absolute Gasteiger partial charge is 0.328 e. The van der Waals surface area contributed by atoms with Gasteiger partial charge >= 0.3 is 5.97 Å². The van der Waals surface area contributed by atoms with Gasteiger partial charge in [0.05, 0.1) is 7.11 Å². The maximum absolute atomic E-state index is 12.5. The third-order valence-electron chi connectivity index (χ3n) is 3.75. The zero-order valence-corrected chi connectivity index (χ0v) is 11.5. The van der Waals surface area contributed by atoms with E-state index < -0.39 is 12.0 Å². The number of rotatable bonds is 4. The Kier molecular flexibility index (Phi) is 4.74. The number of aliphatic hydroxyl groups is 1. The van der Waals surface area contributed by atoms with Crippen LogP contribution in [-0.4, -0.2) is 48.2 Å². The molecule has 1 saturated heterocycles. The minimum atomic E-state index is -0.597. The van der Waals surface area contributed by atoms with Gasteiger partial charge in [-0.1, -0.05) is 18.2 Å². The number of esters is 1. The summed E-state index contributed by atoms with van der Waals surface area (Å²) in [5, 5.41) is 9.09. The molecule has 1 fully saturated rings. The molecule has 1 heterocycles. The second-order valence-electron chi connectivity index (χ2n) is 4.89. The van der Waals surface area contributed by atoms with Crippen LogP contribution in [-0.2, 0) is 9.53 Å². The van der Waals surface area contributed by atoms with Crippen LogP contribution in [0, 0.1) is 5.92 Å². The molecular formula is C15H19NO4. The van der Waals surface area contributed by atoms with Crippen molar-refractivity contribution in [1.29, 1.82) is 0 Å². The maximum atomic E-state index is 12.5. The number of hydrogen-bond acceptors (Lipinski definition) is 4. The largest absolute Gasteiger partial charge is 0.467 e. The van der Waals surface area contributed by atoms with Crippen LogP contribution in [0.1, 0.15) is 23.2 Å². The van der Waals surface area contributed by atoms with E-state index in [1.807, 2.05) is 6.07 Å². The highest BCUT2D eigenvalue weighted by molar-refractivity contribution is 5.97. The van der Waals surface area contributed by atoms with E-state index in [4.69, 9.17) is 9.84 Å². The van der Waals surface area contributed by atoms with Crippen molar-refractivity contribution in [2.45, 2.75) is 18.9 Å². The number of likely N-dealkylation sites (tertiary alicyclic amines) is 1. The molecule has 2 atom stereocenters. The first kappa shape index (κ1) is 14.5. The number of methoxy groups -OCH3 is 1. The molecule has 1 aromatic rings. The van der Waals surface area contributed by atoms with Gasteiger partial charge in [0, 0.05) is 18.7 Å². The van der Waals surface area contributed by atoms with E-state index in [2.05, 4.69) is 0 Å². The van der Waals surface area contributed by atoms with Gasteiger partial charge in [-0.2, -0.15) is 0 Å². The quantitative estimate of drug-likeness (QED) is 0.836. The summed E-state index contributed by atoms with van der Waals surface area (Å²) in [5.41, 5.74) is 0.561. The molecule has 1 aromatic carbocycles. The fraction of sp³-hybridized carbons (Fsp3) is 0.467. The fourth-order valence-corrected chi connectivity index (χ4v) is 2.74. The third kappa shape index (κ3) is 2.82. The average molecular weight is 277 g/mol. The standard InChI is InChI=1S/C15H19NO4/c1-20-15(19)13-11(8-10-17)7-9-16(13)14(18)12-5-3-2-4-6-12/h2-6,11,13,17H,7-10H2,1H3/t11-,13-/m0/s1. The predicted molar refractivity (Wildman–Crippen MR) is 73.1 cm³/mol. The first-order valence-electron chi connectivity index (χ1n) is 6.73. The number of nitrogens with zero attached hydrogens (tertiary/aromatic N) is 1. The maximum Gasteiger partial charge on any atom is 0.328 e. The topological polar surface area (TPSA) is 66.8 Å². The number of aliphatic hydroxyl groups excluding tert-OH is 1. The highest BCUT2D eigenvalue weighted by atomic mass is 16.5. The van der Waals surface area contributed by atoms with Crippen molar-refractivity contribution in [2.24, 2.45) is 5.92 Å². The normalized spacial score (nSPS) is 21.8. The summed E-state index contributed by atoms with van der Waals surface area (Å²) >= 11 is 0. The lowest BCUT2D eigenvalue weighted by Crippen LogP contribution is -2.44. The van der Waals surface area contributed by atoms with Crippen molar-refractivity contribution < 1.29 is 19.4 Å². The van der Waals surface area contributed by atoms with Gasteiger partial charge in [0.25, 0.3) is 5.91 Å². The van der Waals surface area contributed by atoms with Crippen LogP contribution in [0.25, 0.3) is 0 Å². The summed E-state index contributed by atoms with van der Waals surface area (Å²) < 4.78 is 4.81. The van der Waals surface area contributed by atoms with Crippen molar-refractivity contribution in [1.82, 2.24) is 4.90 Å². The number of hydrogen-bond donors (Lipinski definition) is 1. The Labute approximate surface area is 118 Å². The van der Waals surface area contributed by atoms with E-state index in [1.165, 1.54) is 7.11 Å². The second kappa shape index (κ2) is 6.52. The Bertz CT molecular complexity index is 474. The number of carbonyl (C=O) groups is 2. The zero-order chi connectivity index (χ0) is 14.5. The van der Waals surface area contributed by atoms with Crippen molar-refractivity contribution in [3.05, 3.63) is 35.9 Å². The molecule has 108 valence electrons. The van der Waals surface area contributed by atoms with Crippen molar-refractivity contribution >= 4 is 11.9 Å². The Morgan fingerprint density at radius 2 is 2.05 bits per heavy atom. The molecule has 5 heteroatoms. The first-order valence-corrected chi connectivity index (χ1v) is 6.73. The molecule has 0 saturated carbocycles. The van der Waals surface area contributed by atoms with E-state index in [0.29, 0.717) is 24.9 Å². The van der Waals surface area contributed by atoms with Gasteiger partial charge in [0.15, 0.2) is 0 Å². The first-order chi connectivity index (χ1) is 9.69. The van der Waals surface area contributed by atoms with Crippen molar-refractivity contribution in [3.63, 3.8) is 0 Å². The van der Waals surface area contributed by atoms with Gasteiger partial charge < -0.3 is 14.7 Å². The molecule has 0 unspecified atom stereocenters. The van der Waals surface area contributed by atoms with Crippen LogP contribution in [0.5, 0.6) is 0 Å². The molecule has 1 amide bonds. The van der Waals surface area contributed by atoms with Crippen molar-refractivity contribution in [3.8, 4) is 0 Å².